The monoisotopic (exact) mass is 418 g/mol. The Balaban J connectivity index is 1.77. The minimum absolute atomic E-state index is 0.129. The van der Waals surface area contributed by atoms with Crippen molar-refractivity contribution in [3.05, 3.63) is 12.2 Å². The zero-order valence-electron chi connectivity index (χ0n) is 20.2. The first-order valence-corrected chi connectivity index (χ1v) is 11.9. The van der Waals surface area contributed by atoms with Crippen LogP contribution in [0.25, 0.3) is 0 Å². The Hall–Kier alpha value is -1.32. The zero-order chi connectivity index (χ0) is 22.5. The second-order valence-corrected chi connectivity index (χ2v) is 11.8. The van der Waals surface area contributed by atoms with Crippen LogP contribution in [-0.2, 0) is 19.1 Å². The van der Waals surface area contributed by atoms with E-state index in [1.54, 1.807) is 6.92 Å². The van der Waals surface area contributed by atoms with Crippen molar-refractivity contribution in [1.29, 1.82) is 0 Å². The van der Waals surface area contributed by atoms with Gasteiger partial charge in [0, 0.05) is 12.0 Å². The van der Waals surface area contributed by atoms with Crippen LogP contribution >= 0.6 is 0 Å². The standard InChI is InChI=1S/C26H42O4/c1-9-24(6,16-25(7,10-2)29-21(27)17(3)4)22(28)30-26(8)19-11-18-12-20(26)15-23(5,13-18)14-19/h18-20H,3,9-16H2,1-2,4-8H3. The van der Waals surface area contributed by atoms with E-state index in [0.717, 1.165) is 5.92 Å². The molecule has 0 aliphatic heterocycles. The molecule has 0 amide bonds. The molecule has 0 aromatic heterocycles. The molecule has 0 aromatic carbocycles. The van der Waals surface area contributed by atoms with Crippen LogP contribution in [0, 0.1) is 28.6 Å². The summed E-state index contributed by atoms with van der Waals surface area (Å²) < 4.78 is 12.2. The van der Waals surface area contributed by atoms with Gasteiger partial charge >= 0.3 is 11.9 Å². The van der Waals surface area contributed by atoms with Crippen molar-refractivity contribution in [1.82, 2.24) is 0 Å². The predicted octanol–water partition coefficient (Wildman–Crippen LogP) is 6.23. The minimum Gasteiger partial charge on any atom is -0.458 e. The van der Waals surface area contributed by atoms with E-state index in [1.165, 1.54) is 32.1 Å². The van der Waals surface area contributed by atoms with Gasteiger partial charge in [-0.15, -0.1) is 0 Å². The Kier molecular flexibility index (Phi) is 5.97. The second-order valence-electron chi connectivity index (χ2n) is 11.8. The van der Waals surface area contributed by atoms with E-state index >= 15 is 0 Å². The highest BCUT2D eigenvalue weighted by Gasteiger charge is 2.61. The summed E-state index contributed by atoms with van der Waals surface area (Å²) in [7, 11) is 0. The fraction of sp³-hybridized carbons (Fsp3) is 0.846. The first-order chi connectivity index (χ1) is 13.8. The van der Waals surface area contributed by atoms with Gasteiger partial charge in [-0.05, 0) is 95.8 Å². The largest absolute Gasteiger partial charge is 0.458 e. The fourth-order valence-corrected chi connectivity index (χ4v) is 6.78. The Morgan fingerprint density at radius 2 is 1.60 bits per heavy atom. The summed E-state index contributed by atoms with van der Waals surface area (Å²) in [5, 5.41) is 0. The smallest absolute Gasteiger partial charge is 0.333 e. The molecule has 4 saturated carbocycles. The number of hydrogen-bond acceptors (Lipinski definition) is 4. The summed E-state index contributed by atoms with van der Waals surface area (Å²) in [4.78, 5) is 25.8. The molecular formula is C26H42O4. The molecule has 4 rings (SSSR count). The lowest BCUT2D eigenvalue weighted by Gasteiger charge is -2.63. The predicted molar refractivity (Wildman–Crippen MR) is 119 cm³/mol. The molecule has 0 spiro atoms. The Bertz CT molecular complexity index is 709. The molecule has 4 heteroatoms. The fourth-order valence-electron chi connectivity index (χ4n) is 6.78. The second kappa shape index (κ2) is 7.67. The summed E-state index contributed by atoms with van der Waals surface area (Å²) in [5.74, 6) is 1.22. The Labute approximate surface area is 183 Å². The van der Waals surface area contributed by atoms with E-state index in [0.29, 0.717) is 42.1 Å². The number of carbonyl (C=O) groups excluding carboxylic acids is 2. The highest BCUT2D eigenvalue weighted by atomic mass is 16.6. The van der Waals surface area contributed by atoms with Crippen molar-refractivity contribution in [3.8, 4) is 0 Å². The molecule has 0 saturated heterocycles. The lowest BCUT2D eigenvalue weighted by atomic mass is 9.45. The first-order valence-electron chi connectivity index (χ1n) is 11.9. The van der Waals surface area contributed by atoms with Crippen LogP contribution in [0.5, 0.6) is 0 Å². The molecule has 0 radical (unpaired) electrons. The highest BCUT2D eigenvalue weighted by molar-refractivity contribution is 5.87. The summed E-state index contributed by atoms with van der Waals surface area (Å²) >= 11 is 0. The van der Waals surface area contributed by atoms with Gasteiger partial charge in [0.05, 0.1) is 5.41 Å². The summed E-state index contributed by atoms with van der Waals surface area (Å²) in [5.41, 5.74) is -0.959. The number of esters is 2. The molecule has 0 N–H and O–H groups in total. The Morgan fingerprint density at radius 1 is 1.03 bits per heavy atom. The minimum atomic E-state index is -0.724. The van der Waals surface area contributed by atoms with Crippen molar-refractivity contribution < 1.29 is 19.1 Å². The van der Waals surface area contributed by atoms with Crippen LogP contribution < -0.4 is 0 Å². The third-order valence-corrected chi connectivity index (χ3v) is 8.90. The van der Waals surface area contributed by atoms with E-state index in [1.807, 2.05) is 27.7 Å². The molecule has 30 heavy (non-hydrogen) atoms. The van der Waals surface area contributed by atoms with Crippen LogP contribution in [-0.4, -0.2) is 23.1 Å². The molecule has 4 aliphatic carbocycles. The number of carbonyl (C=O) groups is 2. The van der Waals surface area contributed by atoms with Crippen LogP contribution in [0.15, 0.2) is 12.2 Å². The molecule has 4 atom stereocenters. The van der Waals surface area contributed by atoms with Gasteiger partial charge in [-0.25, -0.2) is 4.79 Å². The molecule has 0 aromatic rings. The van der Waals surface area contributed by atoms with Crippen LogP contribution in [0.2, 0.25) is 0 Å². The lowest BCUT2D eigenvalue weighted by molar-refractivity contribution is -0.226. The van der Waals surface area contributed by atoms with Gasteiger partial charge in [-0.3, -0.25) is 4.79 Å². The van der Waals surface area contributed by atoms with Crippen molar-refractivity contribution >= 4 is 11.9 Å². The molecule has 170 valence electrons. The van der Waals surface area contributed by atoms with Crippen molar-refractivity contribution in [2.45, 2.75) is 111 Å². The molecule has 4 bridgehead atoms. The van der Waals surface area contributed by atoms with Crippen molar-refractivity contribution in [3.63, 3.8) is 0 Å². The maximum Gasteiger partial charge on any atom is 0.333 e. The first kappa shape index (κ1) is 23.3. The van der Waals surface area contributed by atoms with Crippen LogP contribution in [0.3, 0.4) is 0 Å². The number of hydrogen-bond donors (Lipinski definition) is 0. The van der Waals surface area contributed by atoms with Gasteiger partial charge in [0.1, 0.15) is 11.2 Å². The normalized spacial score (nSPS) is 38.4. The maximum atomic E-state index is 13.6. The molecule has 4 aliphatic rings. The number of ether oxygens (including phenoxy) is 2. The molecular weight excluding hydrogens is 376 g/mol. The van der Waals surface area contributed by atoms with E-state index in [9.17, 15) is 9.59 Å². The summed E-state index contributed by atoms with van der Waals surface area (Å²) in [6.45, 7) is 17.9. The topological polar surface area (TPSA) is 52.6 Å². The summed E-state index contributed by atoms with van der Waals surface area (Å²) in [6.07, 6.45) is 7.83. The average molecular weight is 419 g/mol. The van der Waals surface area contributed by atoms with Crippen LogP contribution in [0.4, 0.5) is 0 Å². The van der Waals surface area contributed by atoms with Gasteiger partial charge < -0.3 is 9.47 Å². The zero-order valence-corrected chi connectivity index (χ0v) is 20.2. The SMILES string of the molecule is C=C(C)C(=O)OC(C)(CC)CC(C)(CC)C(=O)OC1(C)C2CC3CC1CC(C)(C3)C2. The quantitative estimate of drug-likeness (QED) is 0.346. The molecule has 4 nitrogen and oxygen atoms in total. The van der Waals surface area contributed by atoms with E-state index in [2.05, 4.69) is 20.4 Å². The third-order valence-electron chi connectivity index (χ3n) is 8.90. The van der Waals surface area contributed by atoms with Crippen LogP contribution in [0.1, 0.15) is 99.8 Å². The van der Waals surface area contributed by atoms with Crippen molar-refractivity contribution in [2.75, 3.05) is 0 Å². The van der Waals surface area contributed by atoms with E-state index < -0.39 is 17.0 Å². The Morgan fingerprint density at radius 3 is 2.03 bits per heavy atom. The van der Waals surface area contributed by atoms with Gasteiger partial charge in [0.25, 0.3) is 0 Å². The number of rotatable bonds is 8. The van der Waals surface area contributed by atoms with Gasteiger partial charge in [-0.1, -0.05) is 27.4 Å². The molecule has 0 heterocycles. The summed E-state index contributed by atoms with van der Waals surface area (Å²) in [6, 6.07) is 0. The average Bonchev–Trinajstić information content (AvgIpc) is 2.64. The molecule has 4 unspecified atom stereocenters. The maximum absolute atomic E-state index is 13.6. The van der Waals surface area contributed by atoms with E-state index in [-0.39, 0.29) is 11.6 Å². The lowest BCUT2D eigenvalue weighted by Crippen LogP contribution is -2.61. The highest BCUT2D eigenvalue weighted by Crippen LogP contribution is 2.64. The van der Waals surface area contributed by atoms with Gasteiger partial charge in [0.2, 0.25) is 0 Å². The molecule has 4 fully saturated rings. The third kappa shape index (κ3) is 4.08. The van der Waals surface area contributed by atoms with Gasteiger partial charge in [-0.2, -0.15) is 0 Å². The van der Waals surface area contributed by atoms with Crippen molar-refractivity contribution in [2.24, 2.45) is 28.6 Å². The van der Waals surface area contributed by atoms with E-state index in [4.69, 9.17) is 9.47 Å². The van der Waals surface area contributed by atoms with Gasteiger partial charge in [0.15, 0.2) is 0 Å².